The van der Waals surface area contributed by atoms with E-state index < -0.39 is 11.7 Å². The zero-order valence-corrected chi connectivity index (χ0v) is 18.9. The average molecular weight is 432 g/mol. The largest absolute Gasteiger partial charge is 0.444 e. The minimum atomic E-state index is -0.571. The maximum atomic E-state index is 12.6. The number of hydrogen-bond acceptors (Lipinski definition) is 4. The van der Waals surface area contributed by atoms with Crippen LogP contribution in [0.1, 0.15) is 56.0 Å². The Morgan fingerprint density at radius 1 is 1.00 bits per heavy atom. The number of alkyl carbamates (subject to hydrolysis) is 1. The molecule has 2 aromatic carbocycles. The molecule has 2 heterocycles. The Labute approximate surface area is 189 Å². The van der Waals surface area contributed by atoms with Crippen molar-refractivity contribution in [2.75, 3.05) is 13.1 Å². The van der Waals surface area contributed by atoms with Crippen molar-refractivity contribution in [2.45, 2.75) is 45.6 Å². The molecule has 0 saturated carbocycles. The molecule has 166 valence electrons. The SMILES string of the molecule is CC(C)(C)OC(=O)NC1=Nc2cc(-c3ccc(C(=O)N4CCCC4)cc3)ccc2C=CC1. The molecule has 0 spiro atoms. The molecule has 6 heteroatoms. The van der Waals surface area contributed by atoms with E-state index in [0.717, 1.165) is 53.9 Å². The summed E-state index contributed by atoms with van der Waals surface area (Å²) in [4.78, 5) is 31.3. The zero-order valence-electron chi connectivity index (χ0n) is 18.9. The van der Waals surface area contributed by atoms with E-state index in [1.54, 1.807) is 0 Å². The van der Waals surface area contributed by atoms with Gasteiger partial charge in [-0.25, -0.2) is 9.79 Å². The monoisotopic (exact) mass is 431 g/mol. The first-order valence-corrected chi connectivity index (χ1v) is 11.1. The van der Waals surface area contributed by atoms with Gasteiger partial charge in [0.15, 0.2) is 0 Å². The van der Waals surface area contributed by atoms with Gasteiger partial charge in [0.1, 0.15) is 11.4 Å². The predicted octanol–water partition coefficient (Wildman–Crippen LogP) is 5.56. The number of carbonyl (C=O) groups is 2. The van der Waals surface area contributed by atoms with E-state index in [2.05, 4.69) is 10.3 Å². The molecule has 2 aliphatic heterocycles. The van der Waals surface area contributed by atoms with E-state index in [4.69, 9.17) is 4.74 Å². The van der Waals surface area contributed by atoms with E-state index in [9.17, 15) is 9.59 Å². The lowest BCUT2D eigenvalue weighted by molar-refractivity contribution is 0.0562. The highest BCUT2D eigenvalue weighted by atomic mass is 16.6. The molecule has 1 fully saturated rings. The van der Waals surface area contributed by atoms with Crippen LogP contribution in [0.4, 0.5) is 10.5 Å². The van der Waals surface area contributed by atoms with Gasteiger partial charge >= 0.3 is 6.09 Å². The summed E-state index contributed by atoms with van der Waals surface area (Å²) in [5, 5.41) is 2.76. The number of benzene rings is 2. The van der Waals surface area contributed by atoms with Crippen molar-refractivity contribution in [1.82, 2.24) is 10.2 Å². The number of aliphatic imine (C=N–C) groups is 1. The average Bonchev–Trinajstić information content (AvgIpc) is 3.20. The number of amides is 2. The fourth-order valence-corrected chi connectivity index (χ4v) is 3.86. The predicted molar refractivity (Wildman–Crippen MR) is 127 cm³/mol. The Morgan fingerprint density at radius 3 is 2.38 bits per heavy atom. The molecular formula is C26H29N3O3. The minimum Gasteiger partial charge on any atom is -0.444 e. The molecule has 2 amide bonds. The highest BCUT2D eigenvalue weighted by molar-refractivity contribution is 5.99. The summed E-state index contributed by atoms with van der Waals surface area (Å²) in [5.41, 5.74) is 3.92. The summed E-state index contributed by atoms with van der Waals surface area (Å²) in [7, 11) is 0. The number of carbonyl (C=O) groups excluding carboxylic acids is 2. The van der Waals surface area contributed by atoms with Crippen molar-refractivity contribution < 1.29 is 14.3 Å². The normalized spacial score (nSPS) is 15.6. The van der Waals surface area contributed by atoms with Crippen LogP contribution in [0.15, 0.2) is 53.5 Å². The van der Waals surface area contributed by atoms with Crippen LogP contribution in [0.2, 0.25) is 0 Å². The third kappa shape index (κ3) is 5.25. The van der Waals surface area contributed by atoms with Gasteiger partial charge in [-0.3, -0.25) is 10.1 Å². The number of nitrogens with one attached hydrogen (secondary N) is 1. The van der Waals surface area contributed by atoms with Gasteiger partial charge in [-0.2, -0.15) is 0 Å². The molecule has 4 rings (SSSR count). The number of nitrogens with zero attached hydrogens (tertiary/aromatic N) is 2. The molecule has 0 bridgehead atoms. The quantitative estimate of drug-likeness (QED) is 0.677. The number of rotatable bonds is 2. The van der Waals surface area contributed by atoms with E-state index in [0.29, 0.717) is 12.3 Å². The summed E-state index contributed by atoms with van der Waals surface area (Å²) < 4.78 is 5.34. The second-order valence-corrected chi connectivity index (χ2v) is 9.14. The summed E-state index contributed by atoms with van der Waals surface area (Å²) in [6.07, 6.45) is 6.14. The van der Waals surface area contributed by atoms with Crippen LogP contribution in [0, 0.1) is 0 Å². The molecule has 1 saturated heterocycles. The zero-order chi connectivity index (χ0) is 22.7. The third-order valence-corrected chi connectivity index (χ3v) is 5.40. The smallest absolute Gasteiger partial charge is 0.413 e. The van der Waals surface area contributed by atoms with Gasteiger partial charge < -0.3 is 9.64 Å². The van der Waals surface area contributed by atoms with Gasteiger partial charge in [-0.05, 0) is 68.5 Å². The van der Waals surface area contributed by atoms with Crippen LogP contribution in [-0.2, 0) is 4.74 Å². The van der Waals surface area contributed by atoms with Gasteiger partial charge in [-0.15, -0.1) is 0 Å². The molecular weight excluding hydrogens is 402 g/mol. The summed E-state index contributed by atoms with van der Waals surface area (Å²) in [6.45, 7) is 7.17. The van der Waals surface area contributed by atoms with Crippen LogP contribution in [0.25, 0.3) is 17.2 Å². The van der Waals surface area contributed by atoms with Gasteiger partial charge in [-0.1, -0.05) is 36.4 Å². The lowest BCUT2D eigenvalue weighted by Gasteiger charge is -2.19. The lowest BCUT2D eigenvalue weighted by Crippen LogP contribution is -2.36. The van der Waals surface area contributed by atoms with Gasteiger partial charge in [0.05, 0.1) is 5.69 Å². The Hall–Kier alpha value is -3.41. The Balaban J connectivity index is 1.54. The lowest BCUT2D eigenvalue weighted by atomic mass is 10.0. The first kappa shape index (κ1) is 21.8. The standard InChI is InChI=1S/C26H29N3O3/c1-26(2,3)32-25(31)28-23-8-6-7-19-11-14-21(17-22(19)27-23)18-9-12-20(13-10-18)24(30)29-15-4-5-16-29/h6-7,9-14,17H,4-5,8,15-16H2,1-3H3,(H,27,28,31). The molecule has 0 aromatic heterocycles. The highest BCUT2D eigenvalue weighted by Gasteiger charge is 2.20. The van der Waals surface area contributed by atoms with Crippen molar-refractivity contribution in [3.05, 3.63) is 59.7 Å². The van der Waals surface area contributed by atoms with Crippen molar-refractivity contribution in [3.63, 3.8) is 0 Å². The van der Waals surface area contributed by atoms with Crippen molar-refractivity contribution in [1.29, 1.82) is 0 Å². The van der Waals surface area contributed by atoms with Crippen LogP contribution in [-0.4, -0.2) is 41.4 Å². The van der Waals surface area contributed by atoms with Gasteiger partial charge in [0.25, 0.3) is 5.91 Å². The fourth-order valence-electron chi connectivity index (χ4n) is 3.86. The molecule has 2 aromatic rings. The topological polar surface area (TPSA) is 71.0 Å². The Kier molecular flexibility index (Phi) is 6.12. The van der Waals surface area contributed by atoms with E-state index in [1.807, 2.05) is 80.3 Å². The fraction of sp³-hybridized carbons (Fsp3) is 0.346. The van der Waals surface area contributed by atoms with Crippen molar-refractivity contribution in [2.24, 2.45) is 4.99 Å². The van der Waals surface area contributed by atoms with Crippen LogP contribution < -0.4 is 5.32 Å². The molecule has 0 unspecified atom stereocenters. The Bertz CT molecular complexity index is 1070. The van der Waals surface area contributed by atoms with E-state index in [1.165, 1.54) is 0 Å². The van der Waals surface area contributed by atoms with Crippen molar-refractivity contribution >= 4 is 29.6 Å². The molecule has 0 radical (unpaired) electrons. The molecule has 32 heavy (non-hydrogen) atoms. The minimum absolute atomic E-state index is 0.101. The number of likely N-dealkylation sites (tertiary alicyclic amines) is 1. The molecule has 6 nitrogen and oxygen atoms in total. The molecule has 2 aliphatic rings. The molecule has 0 atom stereocenters. The van der Waals surface area contributed by atoms with Crippen LogP contribution in [0.3, 0.4) is 0 Å². The number of fused-ring (bicyclic) bond motifs is 1. The van der Waals surface area contributed by atoms with Crippen LogP contribution >= 0.6 is 0 Å². The van der Waals surface area contributed by atoms with Gasteiger partial charge in [0, 0.05) is 25.1 Å². The summed E-state index contributed by atoms with van der Waals surface area (Å²) in [5.74, 6) is 0.640. The number of hydrogen-bond donors (Lipinski definition) is 1. The number of ether oxygens (including phenoxy) is 1. The first-order chi connectivity index (χ1) is 15.3. The molecule has 0 aliphatic carbocycles. The highest BCUT2D eigenvalue weighted by Crippen LogP contribution is 2.30. The van der Waals surface area contributed by atoms with Crippen molar-refractivity contribution in [3.8, 4) is 11.1 Å². The van der Waals surface area contributed by atoms with Crippen LogP contribution in [0.5, 0.6) is 0 Å². The summed E-state index contributed by atoms with van der Waals surface area (Å²) in [6, 6.07) is 13.8. The van der Waals surface area contributed by atoms with E-state index >= 15 is 0 Å². The van der Waals surface area contributed by atoms with E-state index in [-0.39, 0.29) is 5.91 Å². The second-order valence-electron chi connectivity index (χ2n) is 9.14. The maximum absolute atomic E-state index is 12.6. The van der Waals surface area contributed by atoms with Gasteiger partial charge in [0.2, 0.25) is 0 Å². The summed E-state index contributed by atoms with van der Waals surface area (Å²) >= 11 is 0. The first-order valence-electron chi connectivity index (χ1n) is 11.1. The maximum Gasteiger partial charge on any atom is 0.413 e. The second kappa shape index (κ2) is 8.99. The third-order valence-electron chi connectivity index (χ3n) is 5.40. The number of amidine groups is 1. The Morgan fingerprint density at radius 2 is 1.69 bits per heavy atom. The molecule has 1 N–H and O–H groups in total.